The number of hydrogen-bond acceptors (Lipinski definition) is 2. The summed E-state index contributed by atoms with van der Waals surface area (Å²) in [7, 11) is 0. The van der Waals surface area contributed by atoms with Crippen LogP contribution in [0.2, 0.25) is 0 Å². The van der Waals surface area contributed by atoms with E-state index in [1.165, 1.54) is 6.47 Å². The first-order valence-corrected chi connectivity index (χ1v) is 3.00. The van der Waals surface area contributed by atoms with Crippen LogP contribution in [0.1, 0.15) is 18.7 Å². The van der Waals surface area contributed by atoms with Gasteiger partial charge in [-0.15, -0.1) is 0 Å². The van der Waals surface area contributed by atoms with Gasteiger partial charge < -0.3 is 9.72 Å². The van der Waals surface area contributed by atoms with Crippen LogP contribution in [0.5, 0.6) is 0 Å². The van der Waals surface area contributed by atoms with Crippen molar-refractivity contribution in [1.82, 2.24) is 4.98 Å². The maximum atomic E-state index is 9.75. The van der Waals surface area contributed by atoms with Gasteiger partial charge in [-0.2, -0.15) is 0 Å². The molecule has 1 N–H and O–H groups in total. The van der Waals surface area contributed by atoms with E-state index in [-0.39, 0.29) is 6.10 Å². The van der Waals surface area contributed by atoms with Crippen LogP contribution in [0, 0.1) is 0 Å². The van der Waals surface area contributed by atoms with Gasteiger partial charge in [0.2, 0.25) is 0 Å². The van der Waals surface area contributed by atoms with E-state index < -0.39 is 0 Å². The van der Waals surface area contributed by atoms with Crippen LogP contribution >= 0.6 is 0 Å². The van der Waals surface area contributed by atoms with E-state index in [0.717, 1.165) is 5.69 Å². The summed E-state index contributed by atoms with van der Waals surface area (Å²) in [6, 6.07) is 3.70. The van der Waals surface area contributed by atoms with Gasteiger partial charge in [-0.1, -0.05) is 0 Å². The number of H-pyrrole nitrogens is 1. The minimum atomic E-state index is -0.229. The maximum absolute atomic E-state index is 9.75. The summed E-state index contributed by atoms with van der Waals surface area (Å²) >= 11 is 0. The van der Waals surface area contributed by atoms with Crippen LogP contribution in [0.4, 0.5) is 0 Å². The molecule has 0 aliphatic carbocycles. The van der Waals surface area contributed by atoms with Gasteiger partial charge in [0.1, 0.15) is 6.10 Å². The second-order valence-corrected chi connectivity index (χ2v) is 1.97. The monoisotopic (exact) mass is 138 g/mol. The van der Waals surface area contributed by atoms with Crippen LogP contribution in [0.3, 0.4) is 0 Å². The summed E-state index contributed by atoms with van der Waals surface area (Å²) in [5, 5.41) is 0. The fraction of sp³-hybridized carbons (Fsp3) is 0.286. The van der Waals surface area contributed by atoms with Gasteiger partial charge in [-0.25, -0.2) is 4.79 Å². The number of aromatic nitrogens is 1. The molecule has 0 spiro atoms. The number of ether oxygens (including phenoxy) is 1. The Morgan fingerprint density at radius 3 is 3.10 bits per heavy atom. The Labute approximate surface area is 59.0 Å². The Morgan fingerprint density at radius 2 is 2.60 bits per heavy atom. The average Bonchev–Trinajstić information content (AvgIpc) is 2.38. The minimum Gasteiger partial charge on any atom is -0.448 e. The zero-order valence-corrected chi connectivity index (χ0v) is 5.63. The Bertz CT molecular complexity index is 193. The van der Waals surface area contributed by atoms with E-state index in [2.05, 4.69) is 9.72 Å². The van der Waals surface area contributed by atoms with Crippen molar-refractivity contribution >= 4 is 6.47 Å². The third-order valence-corrected chi connectivity index (χ3v) is 1.28. The molecule has 3 nitrogen and oxygen atoms in total. The molecule has 1 atom stereocenters. The summed E-state index contributed by atoms with van der Waals surface area (Å²) in [5.74, 6) is 0. The molecule has 1 rings (SSSR count). The lowest BCUT2D eigenvalue weighted by molar-refractivity contribution is 0.194. The van der Waals surface area contributed by atoms with Crippen molar-refractivity contribution in [2.24, 2.45) is 0 Å². The molecule has 10 heavy (non-hydrogen) atoms. The van der Waals surface area contributed by atoms with E-state index in [1.54, 1.807) is 13.1 Å². The molecule has 1 radical (unpaired) electrons. The van der Waals surface area contributed by atoms with Crippen LogP contribution in [0.25, 0.3) is 0 Å². The number of rotatable bonds is 3. The number of aromatic amines is 1. The quantitative estimate of drug-likeness (QED) is 0.681. The maximum Gasteiger partial charge on any atom is 0.418 e. The third kappa shape index (κ3) is 1.37. The second kappa shape index (κ2) is 3.06. The fourth-order valence-corrected chi connectivity index (χ4v) is 0.733. The standard InChI is InChI=1S/C7H8NO2/c1-6(10-5-9)7-3-2-4-8-7/h2-4,6,8H,1H3. The molecule has 0 fully saturated rings. The Balaban J connectivity index is 2.58. The Hall–Kier alpha value is -1.25. The zero-order valence-electron chi connectivity index (χ0n) is 5.63. The summed E-state index contributed by atoms with van der Waals surface area (Å²) in [4.78, 5) is 12.7. The molecule has 3 heteroatoms. The fourth-order valence-electron chi connectivity index (χ4n) is 0.733. The van der Waals surface area contributed by atoms with Crippen LogP contribution in [-0.2, 0) is 9.53 Å². The summed E-state index contributed by atoms with van der Waals surface area (Å²) < 4.78 is 4.55. The zero-order chi connectivity index (χ0) is 7.40. The molecule has 1 aromatic rings. The topological polar surface area (TPSA) is 42.1 Å². The molecule has 1 unspecified atom stereocenters. The van der Waals surface area contributed by atoms with Crippen molar-refractivity contribution in [1.29, 1.82) is 0 Å². The highest BCUT2D eigenvalue weighted by atomic mass is 16.5. The number of hydrogen-bond donors (Lipinski definition) is 1. The second-order valence-electron chi connectivity index (χ2n) is 1.97. The molecule has 53 valence electrons. The van der Waals surface area contributed by atoms with Crippen molar-refractivity contribution in [2.75, 3.05) is 0 Å². The van der Waals surface area contributed by atoms with Crippen molar-refractivity contribution in [3.63, 3.8) is 0 Å². The normalized spacial score (nSPS) is 12.5. The van der Waals surface area contributed by atoms with Gasteiger partial charge in [0.15, 0.2) is 0 Å². The molecule has 0 aromatic carbocycles. The van der Waals surface area contributed by atoms with Crippen LogP contribution in [-0.4, -0.2) is 11.5 Å². The van der Waals surface area contributed by atoms with Gasteiger partial charge in [-0.3, -0.25) is 0 Å². The predicted octanol–water partition coefficient (Wildman–Crippen LogP) is 1.16. The lowest BCUT2D eigenvalue weighted by Gasteiger charge is -2.04. The predicted molar refractivity (Wildman–Crippen MR) is 36.0 cm³/mol. The smallest absolute Gasteiger partial charge is 0.418 e. The lowest BCUT2D eigenvalue weighted by atomic mass is 10.3. The van der Waals surface area contributed by atoms with Gasteiger partial charge in [0, 0.05) is 6.20 Å². The van der Waals surface area contributed by atoms with Crippen LogP contribution in [0.15, 0.2) is 18.3 Å². The van der Waals surface area contributed by atoms with Crippen molar-refractivity contribution < 1.29 is 9.53 Å². The molecule has 0 amide bonds. The first-order valence-electron chi connectivity index (χ1n) is 3.00. The molecule has 1 heterocycles. The van der Waals surface area contributed by atoms with E-state index in [1.807, 2.05) is 12.1 Å². The van der Waals surface area contributed by atoms with E-state index >= 15 is 0 Å². The molecular weight excluding hydrogens is 130 g/mol. The van der Waals surface area contributed by atoms with Crippen LogP contribution < -0.4 is 0 Å². The SMILES string of the molecule is CC(O[C]=O)c1ccc[nH]1. The van der Waals surface area contributed by atoms with Crippen molar-refractivity contribution in [3.05, 3.63) is 24.0 Å². The Kier molecular flexibility index (Phi) is 2.10. The third-order valence-electron chi connectivity index (χ3n) is 1.28. The first-order chi connectivity index (χ1) is 4.84. The largest absolute Gasteiger partial charge is 0.448 e. The molecule has 1 aromatic heterocycles. The lowest BCUT2D eigenvalue weighted by Crippen LogP contribution is -1.97. The Morgan fingerprint density at radius 1 is 1.80 bits per heavy atom. The molecular formula is C7H8NO2. The van der Waals surface area contributed by atoms with E-state index in [9.17, 15) is 4.79 Å². The molecule has 0 aliphatic heterocycles. The number of nitrogens with one attached hydrogen (secondary N) is 1. The minimum absolute atomic E-state index is 0.229. The van der Waals surface area contributed by atoms with Gasteiger partial charge in [0.05, 0.1) is 5.69 Å². The summed E-state index contributed by atoms with van der Waals surface area (Å²) in [5.41, 5.74) is 0.878. The highest BCUT2D eigenvalue weighted by molar-refractivity contribution is 5.39. The highest BCUT2D eigenvalue weighted by Gasteiger charge is 2.04. The van der Waals surface area contributed by atoms with Gasteiger partial charge in [0.25, 0.3) is 0 Å². The highest BCUT2D eigenvalue weighted by Crippen LogP contribution is 2.11. The molecule has 0 aliphatic rings. The molecule has 0 bridgehead atoms. The molecule has 0 saturated carbocycles. The van der Waals surface area contributed by atoms with Crippen molar-refractivity contribution in [3.8, 4) is 0 Å². The van der Waals surface area contributed by atoms with Crippen molar-refractivity contribution in [2.45, 2.75) is 13.0 Å². The molecule has 0 saturated heterocycles. The van der Waals surface area contributed by atoms with Gasteiger partial charge in [-0.05, 0) is 19.1 Å². The number of carbonyl (C=O) groups excluding carboxylic acids is 1. The average molecular weight is 138 g/mol. The summed E-state index contributed by atoms with van der Waals surface area (Å²) in [6.07, 6.45) is 1.55. The van der Waals surface area contributed by atoms with E-state index in [4.69, 9.17) is 0 Å². The van der Waals surface area contributed by atoms with E-state index in [0.29, 0.717) is 0 Å². The van der Waals surface area contributed by atoms with Gasteiger partial charge >= 0.3 is 6.47 Å². The summed E-state index contributed by atoms with van der Waals surface area (Å²) in [6.45, 7) is 3.16. The first kappa shape index (κ1) is 6.86.